The Morgan fingerprint density at radius 2 is 1.89 bits per heavy atom. The summed E-state index contributed by atoms with van der Waals surface area (Å²) in [5.74, 6) is -0.133. The summed E-state index contributed by atoms with van der Waals surface area (Å²) >= 11 is 0. The molecule has 3 heterocycles. The highest BCUT2D eigenvalue weighted by molar-refractivity contribution is 5.99. The lowest BCUT2D eigenvalue weighted by Crippen LogP contribution is -2.08. The van der Waals surface area contributed by atoms with Crippen LogP contribution in [0.4, 0.5) is 0 Å². The summed E-state index contributed by atoms with van der Waals surface area (Å²) in [5.41, 5.74) is 12.4. The predicted octanol–water partition coefficient (Wildman–Crippen LogP) is 5.50. The lowest BCUT2D eigenvalue weighted by molar-refractivity contribution is 0.309. The van der Waals surface area contributed by atoms with Gasteiger partial charge in [-0.3, -0.25) is 9.51 Å². The fraction of sp³-hybridized carbons (Fsp3) is 0.267. The molecule has 1 N–H and O–H groups in total. The molecule has 3 aromatic heterocycles. The number of nitrogens with one attached hydrogen (secondary N) is 1. The van der Waals surface area contributed by atoms with Crippen LogP contribution in [0.3, 0.4) is 0 Å². The first-order valence-corrected chi connectivity index (χ1v) is 12.9. The van der Waals surface area contributed by atoms with Crippen molar-refractivity contribution in [2.75, 3.05) is 6.61 Å². The van der Waals surface area contributed by atoms with E-state index >= 15 is 0 Å². The van der Waals surface area contributed by atoms with Gasteiger partial charge in [-0.15, -0.1) is 0 Å². The Morgan fingerprint density at radius 1 is 1.08 bits per heavy atom. The zero-order chi connectivity index (χ0) is 26.6. The number of ether oxygens (including phenoxy) is 1. The summed E-state index contributed by atoms with van der Waals surface area (Å²) in [6.07, 6.45) is 1.75. The monoisotopic (exact) mass is 507 g/mol. The Labute approximate surface area is 220 Å². The SMILES string of the molecule is CCOc1nc2c(C)cc(C)nc2n1-c1ccc2c(c1C)CCc1ccccc1/C2=C(/C)c1noc(=O)[nH]1. The van der Waals surface area contributed by atoms with Crippen molar-refractivity contribution in [1.82, 2.24) is 24.7 Å². The predicted molar refractivity (Wildman–Crippen MR) is 147 cm³/mol. The van der Waals surface area contributed by atoms with E-state index in [1.54, 1.807) is 0 Å². The smallest absolute Gasteiger partial charge is 0.439 e. The number of benzene rings is 2. The van der Waals surface area contributed by atoms with E-state index in [9.17, 15) is 4.79 Å². The molecule has 0 aliphatic heterocycles. The van der Waals surface area contributed by atoms with E-state index < -0.39 is 5.76 Å². The summed E-state index contributed by atoms with van der Waals surface area (Å²) in [7, 11) is 0. The summed E-state index contributed by atoms with van der Waals surface area (Å²) in [5, 5.41) is 3.99. The number of hydrogen-bond acceptors (Lipinski definition) is 6. The number of allylic oxidation sites excluding steroid dienone is 1. The quantitative estimate of drug-likeness (QED) is 0.345. The van der Waals surface area contributed by atoms with Crippen molar-refractivity contribution < 1.29 is 9.26 Å². The number of H-pyrrole nitrogens is 1. The van der Waals surface area contributed by atoms with Crippen molar-refractivity contribution in [3.05, 3.63) is 97.9 Å². The van der Waals surface area contributed by atoms with Crippen LogP contribution in [0.1, 0.15) is 58.7 Å². The van der Waals surface area contributed by atoms with Gasteiger partial charge in [-0.1, -0.05) is 35.5 Å². The molecule has 0 unspecified atom stereocenters. The van der Waals surface area contributed by atoms with Crippen LogP contribution in [0, 0.1) is 20.8 Å². The summed E-state index contributed by atoms with van der Waals surface area (Å²) in [4.78, 5) is 24.2. The molecule has 0 radical (unpaired) electrons. The van der Waals surface area contributed by atoms with Crippen molar-refractivity contribution in [3.63, 3.8) is 0 Å². The van der Waals surface area contributed by atoms with Gasteiger partial charge in [0.05, 0.1) is 12.3 Å². The third kappa shape index (κ3) is 3.75. The van der Waals surface area contributed by atoms with Crippen LogP contribution >= 0.6 is 0 Å². The van der Waals surface area contributed by atoms with Gasteiger partial charge in [-0.05, 0) is 98.5 Å². The van der Waals surface area contributed by atoms with Crippen LogP contribution < -0.4 is 10.5 Å². The first-order chi connectivity index (χ1) is 18.4. The zero-order valence-corrected chi connectivity index (χ0v) is 22.2. The number of aryl methyl sites for hydroxylation is 3. The summed E-state index contributed by atoms with van der Waals surface area (Å²) < 4.78 is 12.9. The Bertz CT molecular complexity index is 1800. The van der Waals surface area contributed by atoms with E-state index in [1.807, 2.05) is 37.5 Å². The molecule has 1 aliphatic rings. The van der Waals surface area contributed by atoms with E-state index in [2.05, 4.69) is 54.3 Å². The van der Waals surface area contributed by atoms with Gasteiger partial charge in [0.15, 0.2) is 11.5 Å². The molecular weight excluding hydrogens is 478 g/mol. The normalized spacial score (nSPS) is 14.2. The second kappa shape index (κ2) is 9.13. The lowest BCUT2D eigenvalue weighted by Gasteiger charge is -2.19. The maximum absolute atomic E-state index is 11.8. The van der Waals surface area contributed by atoms with E-state index in [0.717, 1.165) is 68.8 Å². The van der Waals surface area contributed by atoms with Crippen LogP contribution in [0.5, 0.6) is 6.01 Å². The maximum atomic E-state index is 11.8. The number of nitrogens with zero attached hydrogens (tertiary/aromatic N) is 4. The highest BCUT2D eigenvalue weighted by Crippen LogP contribution is 2.41. The van der Waals surface area contributed by atoms with Crippen LogP contribution in [0.2, 0.25) is 0 Å². The molecule has 6 rings (SSSR count). The molecule has 0 atom stereocenters. The van der Waals surface area contributed by atoms with Crippen molar-refractivity contribution in [3.8, 4) is 11.7 Å². The molecule has 0 bridgehead atoms. The van der Waals surface area contributed by atoms with Crippen molar-refractivity contribution in [2.45, 2.75) is 47.5 Å². The van der Waals surface area contributed by atoms with Crippen LogP contribution in [-0.4, -0.2) is 31.3 Å². The van der Waals surface area contributed by atoms with Gasteiger partial charge < -0.3 is 4.74 Å². The summed E-state index contributed by atoms with van der Waals surface area (Å²) in [6, 6.07) is 15.3. The molecule has 5 aromatic rings. The second-order valence-electron chi connectivity index (χ2n) is 9.75. The molecule has 192 valence electrons. The molecule has 2 aromatic carbocycles. The van der Waals surface area contributed by atoms with E-state index in [0.29, 0.717) is 18.4 Å². The fourth-order valence-corrected chi connectivity index (χ4v) is 5.63. The minimum absolute atomic E-state index is 0.434. The largest absolute Gasteiger partial charge is 0.465 e. The Hall–Kier alpha value is -4.46. The molecule has 0 fully saturated rings. The molecule has 38 heavy (non-hydrogen) atoms. The average molecular weight is 508 g/mol. The van der Waals surface area contributed by atoms with Crippen LogP contribution in [0.15, 0.2) is 51.8 Å². The van der Waals surface area contributed by atoms with E-state index in [1.165, 1.54) is 11.1 Å². The van der Waals surface area contributed by atoms with Gasteiger partial charge in [-0.2, -0.15) is 4.98 Å². The average Bonchev–Trinajstić information content (AvgIpc) is 3.43. The van der Waals surface area contributed by atoms with Crippen molar-refractivity contribution in [1.29, 1.82) is 0 Å². The highest BCUT2D eigenvalue weighted by atomic mass is 16.5. The van der Waals surface area contributed by atoms with Crippen LogP contribution in [0.25, 0.3) is 28.0 Å². The standard InChI is InChI=1S/C30H29N5O3/c1-6-37-29-32-26-16(2)15-17(3)31-28(26)35(29)24-14-13-23-21(18(24)4)12-11-20-9-7-8-10-22(20)25(23)19(5)27-33-30(36)38-34-27/h7-10,13-15H,6,11-12H2,1-5H3,(H,33,34,36)/b25-19+. The third-order valence-corrected chi connectivity index (χ3v) is 7.36. The topological polar surface area (TPSA) is 98.8 Å². The van der Waals surface area contributed by atoms with Gasteiger partial charge >= 0.3 is 11.8 Å². The first-order valence-electron chi connectivity index (χ1n) is 12.9. The van der Waals surface area contributed by atoms with Gasteiger partial charge in [-0.25, -0.2) is 14.3 Å². The minimum Gasteiger partial charge on any atom is -0.465 e. The van der Waals surface area contributed by atoms with Gasteiger partial charge in [0.1, 0.15) is 5.52 Å². The number of fused-ring (bicyclic) bond motifs is 3. The minimum atomic E-state index is -0.567. The number of imidazole rings is 1. The Morgan fingerprint density at radius 3 is 2.66 bits per heavy atom. The molecule has 8 nitrogen and oxygen atoms in total. The maximum Gasteiger partial charge on any atom is 0.439 e. The Balaban J connectivity index is 1.64. The van der Waals surface area contributed by atoms with Crippen LogP contribution in [-0.2, 0) is 12.8 Å². The lowest BCUT2D eigenvalue weighted by atomic mass is 9.88. The van der Waals surface area contributed by atoms with Gasteiger partial charge in [0.25, 0.3) is 0 Å². The molecule has 8 heteroatoms. The molecular formula is C30H29N5O3. The first kappa shape index (κ1) is 23.9. The fourth-order valence-electron chi connectivity index (χ4n) is 5.63. The number of aromatic amines is 1. The van der Waals surface area contributed by atoms with Crippen molar-refractivity contribution >= 4 is 22.3 Å². The molecule has 0 saturated heterocycles. The van der Waals surface area contributed by atoms with E-state index in [4.69, 9.17) is 19.2 Å². The molecule has 0 saturated carbocycles. The molecule has 0 spiro atoms. The number of rotatable bonds is 4. The summed E-state index contributed by atoms with van der Waals surface area (Å²) in [6.45, 7) is 10.6. The third-order valence-electron chi connectivity index (χ3n) is 7.36. The highest BCUT2D eigenvalue weighted by Gasteiger charge is 2.26. The number of hydrogen-bond donors (Lipinski definition) is 1. The molecule has 0 amide bonds. The van der Waals surface area contributed by atoms with Gasteiger partial charge in [0.2, 0.25) is 0 Å². The van der Waals surface area contributed by atoms with E-state index in [-0.39, 0.29) is 0 Å². The second-order valence-corrected chi connectivity index (χ2v) is 9.75. The Kier molecular flexibility index (Phi) is 5.75. The van der Waals surface area contributed by atoms with Crippen molar-refractivity contribution in [2.24, 2.45) is 0 Å². The zero-order valence-electron chi connectivity index (χ0n) is 22.2. The number of aromatic nitrogens is 5. The van der Waals surface area contributed by atoms with Gasteiger partial charge in [0, 0.05) is 11.3 Å². The number of pyridine rings is 1. The molecule has 1 aliphatic carbocycles.